The molecule has 1 aliphatic rings. The molecule has 5 rings (SSSR count). The number of rotatable bonds is 6. The monoisotopic (exact) mass is 491 g/mol. The lowest BCUT2D eigenvalue weighted by atomic mass is 9.88. The number of pyridine rings is 1. The van der Waals surface area contributed by atoms with Crippen LogP contribution in [-0.2, 0) is 16.8 Å². The van der Waals surface area contributed by atoms with Gasteiger partial charge in [-0.1, -0.05) is 25.9 Å². The van der Waals surface area contributed by atoms with E-state index in [1.165, 1.54) is 0 Å². The number of aromatic nitrogens is 6. The molecule has 4 aromatic heterocycles. The maximum absolute atomic E-state index is 12.5. The first kappa shape index (κ1) is 23.9. The lowest BCUT2D eigenvalue weighted by Gasteiger charge is -2.23. The number of aryl methyl sites for hydroxylation is 1. The summed E-state index contributed by atoms with van der Waals surface area (Å²) in [5, 5.41) is 20.3. The van der Waals surface area contributed by atoms with Gasteiger partial charge in [0.05, 0.1) is 11.3 Å². The molecule has 1 N–H and O–H groups in total. The van der Waals surface area contributed by atoms with Crippen LogP contribution < -0.4 is 10.1 Å². The molecular weight excluding hydrogens is 462 g/mol. The SMILES string of the molecule is Cc1cc(-c2nnc3cc(C(C)(C)C)c(OCc4ccc(C(=O)NC5CCOCC5)cn4)nn23)no1. The van der Waals surface area contributed by atoms with Gasteiger partial charge in [0.1, 0.15) is 12.4 Å². The molecule has 4 aromatic rings. The molecule has 0 spiro atoms. The van der Waals surface area contributed by atoms with Gasteiger partial charge in [-0.25, -0.2) is 0 Å². The highest BCUT2D eigenvalue weighted by atomic mass is 16.5. The average molecular weight is 492 g/mol. The molecule has 1 aliphatic heterocycles. The van der Waals surface area contributed by atoms with Crippen LogP contribution in [0.5, 0.6) is 5.88 Å². The third-order valence-electron chi connectivity index (χ3n) is 6.02. The van der Waals surface area contributed by atoms with E-state index in [1.807, 2.05) is 13.0 Å². The lowest BCUT2D eigenvalue weighted by Crippen LogP contribution is -2.38. The fraction of sp³-hybridized carbons (Fsp3) is 0.440. The van der Waals surface area contributed by atoms with Gasteiger partial charge in [0.15, 0.2) is 11.3 Å². The Balaban J connectivity index is 1.35. The molecule has 0 aliphatic carbocycles. The van der Waals surface area contributed by atoms with E-state index in [1.54, 1.807) is 28.9 Å². The van der Waals surface area contributed by atoms with E-state index in [0.29, 0.717) is 53.3 Å². The number of ether oxygens (including phenoxy) is 2. The summed E-state index contributed by atoms with van der Waals surface area (Å²) in [6, 6.07) is 7.38. The molecule has 1 fully saturated rings. The molecule has 5 heterocycles. The summed E-state index contributed by atoms with van der Waals surface area (Å²) in [4.78, 5) is 17.0. The molecule has 0 atom stereocenters. The summed E-state index contributed by atoms with van der Waals surface area (Å²) in [6.07, 6.45) is 3.21. The minimum Gasteiger partial charge on any atom is -0.470 e. The van der Waals surface area contributed by atoms with Crippen LogP contribution in [-0.4, -0.2) is 55.1 Å². The quantitative estimate of drug-likeness (QED) is 0.432. The molecule has 11 heteroatoms. The van der Waals surface area contributed by atoms with E-state index in [0.717, 1.165) is 18.4 Å². The molecule has 0 aromatic carbocycles. The van der Waals surface area contributed by atoms with Gasteiger partial charge in [-0.2, -0.15) is 4.52 Å². The van der Waals surface area contributed by atoms with E-state index in [2.05, 4.69) is 46.4 Å². The van der Waals surface area contributed by atoms with Crippen LogP contribution >= 0.6 is 0 Å². The predicted molar refractivity (Wildman–Crippen MR) is 130 cm³/mol. The van der Waals surface area contributed by atoms with Gasteiger partial charge < -0.3 is 19.3 Å². The average Bonchev–Trinajstić information content (AvgIpc) is 3.48. The normalized spacial score (nSPS) is 14.8. The Morgan fingerprint density at radius 3 is 2.67 bits per heavy atom. The van der Waals surface area contributed by atoms with Gasteiger partial charge >= 0.3 is 0 Å². The summed E-state index contributed by atoms with van der Waals surface area (Å²) in [5.41, 5.74) is 2.95. The van der Waals surface area contributed by atoms with Crippen LogP contribution in [0, 0.1) is 6.92 Å². The number of amides is 1. The fourth-order valence-electron chi connectivity index (χ4n) is 3.99. The highest BCUT2D eigenvalue weighted by molar-refractivity contribution is 5.94. The number of hydrogen-bond acceptors (Lipinski definition) is 9. The molecular formula is C25H29N7O4. The Morgan fingerprint density at radius 1 is 1.19 bits per heavy atom. The van der Waals surface area contributed by atoms with Crippen molar-refractivity contribution in [3.63, 3.8) is 0 Å². The van der Waals surface area contributed by atoms with Gasteiger partial charge in [0, 0.05) is 37.1 Å². The lowest BCUT2D eigenvalue weighted by molar-refractivity contribution is 0.0696. The zero-order valence-electron chi connectivity index (χ0n) is 20.8. The number of hydrogen-bond donors (Lipinski definition) is 1. The van der Waals surface area contributed by atoms with E-state index in [4.69, 9.17) is 19.1 Å². The second-order valence-corrected chi connectivity index (χ2v) is 9.92. The number of nitrogens with zero attached hydrogens (tertiary/aromatic N) is 6. The zero-order valence-corrected chi connectivity index (χ0v) is 20.8. The van der Waals surface area contributed by atoms with Gasteiger partial charge in [0.2, 0.25) is 11.7 Å². The first-order chi connectivity index (χ1) is 17.3. The maximum atomic E-state index is 12.5. The molecule has 1 saturated heterocycles. The van der Waals surface area contributed by atoms with Crippen molar-refractivity contribution in [1.29, 1.82) is 0 Å². The molecule has 36 heavy (non-hydrogen) atoms. The summed E-state index contributed by atoms with van der Waals surface area (Å²) in [5.74, 6) is 1.44. The smallest absolute Gasteiger partial charge is 0.253 e. The standard InChI is InChI=1S/C25H29N7O4/c1-15-11-20(31-36-15)22-29-28-21-12-19(25(2,3)4)24(30-32(21)22)35-14-18-6-5-16(13-26-18)23(33)27-17-7-9-34-10-8-17/h5-6,11-13,17H,7-10,14H2,1-4H3,(H,27,33). The van der Waals surface area contributed by atoms with Crippen LogP contribution in [0.15, 0.2) is 35.0 Å². The minimum atomic E-state index is -0.250. The van der Waals surface area contributed by atoms with Crippen molar-refractivity contribution in [2.24, 2.45) is 0 Å². The Bertz CT molecular complexity index is 1370. The second-order valence-electron chi connectivity index (χ2n) is 9.92. The molecule has 0 unspecified atom stereocenters. The Hall–Kier alpha value is -3.86. The van der Waals surface area contributed by atoms with Crippen molar-refractivity contribution < 1.29 is 18.8 Å². The van der Waals surface area contributed by atoms with Crippen LogP contribution in [0.4, 0.5) is 0 Å². The van der Waals surface area contributed by atoms with E-state index in [9.17, 15) is 4.79 Å². The predicted octanol–water partition coefficient (Wildman–Crippen LogP) is 3.27. The maximum Gasteiger partial charge on any atom is 0.253 e. The van der Waals surface area contributed by atoms with Crippen LogP contribution in [0.3, 0.4) is 0 Å². The summed E-state index contributed by atoms with van der Waals surface area (Å²) < 4.78 is 18.3. The zero-order chi connectivity index (χ0) is 25.3. The van der Waals surface area contributed by atoms with Gasteiger partial charge in [-0.05, 0) is 43.4 Å². The van der Waals surface area contributed by atoms with Gasteiger partial charge in [-0.3, -0.25) is 9.78 Å². The number of carbonyl (C=O) groups excluding carboxylic acids is 1. The molecule has 188 valence electrons. The van der Waals surface area contributed by atoms with E-state index < -0.39 is 0 Å². The molecule has 11 nitrogen and oxygen atoms in total. The Kier molecular flexibility index (Phi) is 6.40. The minimum absolute atomic E-state index is 0.132. The van der Waals surface area contributed by atoms with Crippen LogP contribution in [0.1, 0.15) is 61.0 Å². The largest absolute Gasteiger partial charge is 0.470 e. The second kappa shape index (κ2) is 9.65. The molecule has 0 saturated carbocycles. The molecule has 1 amide bonds. The van der Waals surface area contributed by atoms with Crippen LogP contribution in [0.2, 0.25) is 0 Å². The van der Waals surface area contributed by atoms with Crippen molar-refractivity contribution in [2.75, 3.05) is 13.2 Å². The van der Waals surface area contributed by atoms with Crippen molar-refractivity contribution in [3.05, 3.63) is 53.0 Å². The molecule has 0 radical (unpaired) electrons. The van der Waals surface area contributed by atoms with Gasteiger partial charge in [0.25, 0.3) is 5.91 Å². The Morgan fingerprint density at radius 2 is 2.00 bits per heavy atom. The van der Waals surface area contributed by atoms with Crippen molar-refractivity contribution in [3.8, 4) is 17.4 Å². The first-order valence-corrected chi connectivity index (χ1v) is 11.9. The topological polar surface area (TPSA) is 130 Å². The number of carbonyl (C=O) groups is 1. The number of fused-ring (bicyclic) bond motifs is 1. The third-order valence-corrected chi connectivity index (χ3v) is 6.02. The third kappa shape index (κ3) is 5.06. The van der Waals surface area contributed by atoms with E-state index in [-0.39, 0.29) is 24.0 Å². The van der Waals surface area contributed by atoms with Crippen molar-refractivity contribution in [1.82, 2.24) is 35.3 Å². The number of nitrogens with one attached hydrogen (secondary N) is 1. The molecule has 0 bridgehead atoms. The first-order valence-electron chi connectivity index (χ1n) is 11.9. The van der Waals surface area contributed by atoms with E-state index >= 15 is 0 Å². The summed E-state index contributed by atoms with van der Waals surface area (Å²) in [6.45, 7) is 9.58. The van der Waals surface area contributed by atoms with Crippen molar-refractivity contribution >= 4 is 11.6 Å². The fourth-order valence-corrected chi connectivity index (χ4v) is 3.99. The van der Waals surface area contributed by atoms with Gasteiger partial charge in [-0.15, -0.1) is 15.3 Å². The van der Waals surface area contributed by atoms with Crippen molar-refractivity contribution in [2.45, 2.75) is 58.6 Å². The van der Waals surface area contributed by atoms with Crippen LogP contribution in [0.25, 0.3) is 17.2 Å². The Labute approximate surface area is 208 Å². The summed E-state index contributed by atoms with van der Waals surface area (Å²) >= 11 is 0. The summed E-state index contributed by atoms with van der Waals surface area (Å²) in [7, 11) is 0. The highest BCUT2D eigenvalue weighted by Gasteiger charge is 2.24. The highest BCUT2D eigenvalue weighted by Crippen LogP contribution is 2.32.